The Labute approximate surface area is 160 Å². The number of nitro groups is 1. The van der Waals surface area contributed by atoms with Gasteiger partial charge in [0.05, 0.1) is 16.0 Å². The van der Waals surface area contributed by atoms with Crippen molar-refractivity contribution in [2.24, 2.45) is 0 Å². The number of H-pyrrole nitrogens is 1. The molecule has 2 aromatic carbocycles. The predicted octanol–water partition coefficient (Wildman–Crippen LogP) is 4.14. The number of imidazole rings is 1. The fourth-order valence-electron chi connectivity index (χ4n) is 3.56. The van der Waals surface area contributed by atoms with Crippen molar-refractivity contribution in [2.75, 3.05) is 13.1 Å². The molecular formula is C19H17ClN4O3. The standard InChI is InChI=1S/C19H17ClN4O3/c20-13-7-8-14(17(10-13)24(26)27)19(25)23-9-3-4-12(11-23)18-21-15-5-1-2-6-16(15)22-18/h1-2,5-8,10,12H,3-4,9,11H2,(H,21,22)/t12-/m0/s1. The summed E-state index contributed by atoms with van der Waals surface area (Å²) in [5, 5.41) is 11.5. The van der Waals surface area contributed by atoms with E-state index in [-0.39, 0.29) is 28.1 Å². The van der Waals surface area contributed by atoms with Gasteiger partial charge in [-0.05, 0) is 37.1 Å². The maximum atomic E-state index is 12.9. The molecule has 1 aliphatic heterocycles. The number of nitrogens with zero attached hydrogens (tertiary/aromatic N) is 3. The lowest BCUT2D eigenvalue weighted by atomic mass is 9.96. The number of hydrogen-bond donors (Lipinski definition) is 1. The number of nitro benzene ring substituents is 1. The third-order valence-corrected chi connectivity index (χ3v) is 5.12. The van der Waals surface area contributed by atoms with E-state index < -0.39 is 4.92 Å². The number of likely N-dealkylation sites (tertiary alicyclic amines) is 1. The van der Waals surface area contributed by atoms with E-state index in [1.165, 1.54) is 18.2 Å². The fourth-order valence-corrected chi connectivity index (χ4v) is 3.72. The Hall–Kier alpha value is -2.93. The normalized spacial score (nSPS) is 17.2. The molecule has 1 atom stereocenters. The van der Waals surface area contributed by atoms with Crippen LogP contribution in [0.2, 0.25) is 5.02 Å². The molecule has 138 valence electrons. The monoisotopic (exact) mass is 384 g/mol. The van der Waals surface area contributed by atoms with Crippen LogP contribution in [0.15, 0.2) is 42.5 Å². The van der Waals surface area contributed by atoms with Gasteiger partial charge in [-0.15, -0.1) is 0 Å². The van der Waals surface area contributed by atoms with Crippen LogP contribution in [0, 0.1) is 10.1 Å². The number of carbonyl (C=O) groups excluding carboxylic acids is 1. The molecule has 27 heavy (non-hydrogen) atoms. The molecule has 0 aliphatic carbocycles. The maximum Gasteiger partial charge on any atom is 0.283 e. The number of para-hydroxylation sites is 2. The van der Waals surface area contributed by atoms with Crippen molar-refractivity contribution < 1.29 is 9.72 Å². The minimum Gasteiger partial charge on any atom is -0.342 e. The van der Waals surface area contributed by atoms with Crippen LogP contribution in [0.5, 0.6) is 0 Å². The number of aromatic nitrogens is 2. The zero-order valence-electron chi connectivity index (χ0n) is 14.4. The minimum absolute atomic E-state index is 0.0645. The summed E-state index contributed by atoms with van der Waals surface area (Å²) >= 11 is 5.85. The van der Waals surface area contributed by atoms with Crippen LogP contribution in [0.4, 0.5) is 5.69 Å². The number of halogens is 1. The van der Waals surface area contributed by atoms with Gasteiger partial charge in [0, 0.05) is 30.1 Å². The van der Waals surface area contributed by atoms with Crippen molar-refractivity contribution in [1.29, 1.82) is 0 Å². The molecular weight excluding hydrogens is 368 g/mol. The Morgan fingerprint density at radius 1 is 1.30 bits per heavy atom. The van der Waals surface area contributed by atoms with Gasteiger partial charge in [-0.3, -0.25) is 14.9 Å². The highest BCUT2D eigenvalue weighted by molar-refractivity contribution is 6.31. The number of fused-ring (bicyclic) bond motifs is 1. The summed E-state index contributed by atoms with van der Waals surface area (Å²) in [5.41, 5.74) is 1.65. The van der Waals surface area contributed by atoms with Crippen LogP contribution >= 0.6 is 11.6 Å². The number of aromatic amines is 1. The van der Waals surface area contributed by atoms with Crippen LogP contribution in [-0.2, 0) is 0 Å². The Bertz CT molecular complexity index is 1000. The molecule has 0 saturated carbocycles. The van der Waals surface area contributed by atoms with E-state index in [4.69, 9.17) is 11.6 Å². The molecule has 1 aromatic heterocycles. The van der Waals surface area contributed by atoms with E-state index in [0.717, 1.165) is 29.7 Å². The van der Waals surface area contributed by atoms with E-state index in [9.17, 15) is 14.9 Å². The van der Waals surface area contributed by atoms with Crippen LogP contribution in [-0.4, -0.2) is 38.8 Å². The lowest BCUT2D eigenvalue weighted by molar-refractivity contribution is -0.385. The molecule has 3 aromatic rings. The summed E-state index contributed by atoms with van der Waals surface area (Å²) in [6.07, 6.45) is 1.72. The zero-order chi connectivity index (χ0) is 19.0. The van der Waals surface area contributed by atoms with E-state index in [1.807, 2.05) is 24.3 Å². The van der Waals surface area contributed by atoms with Crippen molar-refractivity contribution >= 4 is 34.2 Å². The van der Waals surface area contributed by atoms with E-state index >= 15 is 0 Å². The highest BCUT2D eigenvalue weighted by Crippen LogP contribution is 2.30. The second kappa shape index (κ2) is 7.00. The van der Waals surface area contributed by atoms with Crippen LogP contribution in [0.3, 0.4) is 0 Å². The highest BCUT2D eigenvalue weighted by atomic mass is 35.5. The first-order valence-electron chi connectivity index (χ1n) is 8.71. The van der Waals surface area contributed by atoms with Crippen LogP contribution in [0.1, 0.15) is 34.9 Å². The van der Waals surface area contributed by atoms with Gasteiger partial charge in [0.1, 0.15) is 11.4 Å². The molecule has 0 spiro atoms. The summed E-state index contributed by atoms with van der Waals surface area (Å²) in [6.45, 7) is 1.04. The average molecular weight is 385 g/mol. The third-order valence-electron chi connectivity index (χ3n) is 4.89. The molecule has 8 heteroatoms. The van der Waals surface area contributed by atoms with Gasteiger partial charge in [-0.2, -0.15) is 0 Å². The molecule has 1 saturated heterocycles. The van der Waals surface area contributed by atoms with Gasteiger partial charge in [0.2, 0.25) is 0 Å². The van der Waals surface area contributed by atoms with Gasteiger partial charge in [0.25, 0.3) is 11.6 Å². The van der Waals surface area contributed by atoms with Crippen molar-refractivity contribution in [3.8, 4) is 0 Å². The number of carbonyl (C=O) groups is 1. The van der Waals surface area contributed by atoms with E-state index in [2.05, 4.69) is 9.97 Å². The lowest BCUT2D eigenvalue weighted by Crippen LogP contribution is -2.39. The topological polar surface area (TPSA) is 92.1 Å². The highest BCUT2D eigenvalue weighted by Gasteiger charge is 2.30. The van der Waals surface area contributed by atoms with Crippen LogP contribution < -0.4 is 0 Å². The summed E-state index contributed by atoms with van der Waals surface area (Å²) in [7, 11) is 0. The zero-order valence-corrected chi connectivity index (χ0v) is 15.1. The second-order valence-corrected chi connectivity index (χ2v) is 7.08. The van der Waals surface area contributed by atoms with Gasteiger partial charge in [0.15, 0.2) is 0 Å². The number of benzene rings is 2. The van der Waals surface area contributed by atoms with Gasteiger partial charge < -0.3 is 9.88 Å². The first-order valence-corrected chi connectivity index (χ1v) is 9.08. The molecule has 7 nitrogen and oxygen atoms in total. The maximum absolute atomic E-state index is 12.9. The summed E-state index contributed by atoms with van der Waals surface area (Å²) in [6, 6.07) is 11.9. The van der Waals surface area contributed by atoms with Gasteiger partial charge >= 0.3 is 0 Å². The molecule has 4 rings (SSSR count). The summed E-state index contributed by atoms with van der Waals surface area (Å²) in [5.74, 6) is 0.569. The smallest absolute Gasteiger partial charge is 0.283 e. The number of hydrogen-bond acceptors (Lipinski definition) is 4. The summed E-state index contributed by atoms with van der Waals surface area (Å²) < 4.78 is 0. The Morgan fingerprint density at radius 2 is 2.11 bits per heavy atom. The van der Waals surface area contributed by atoms with Gasteiger partial charge in [-0.1, -0.05) is 23.7 Å². The quantitative estimate of drug-likeness (QED) is 0.542. The predicted molar refractivity (Wildman–Crippen MR) is 102 cm³/mol. The second-order valence-electron chi connectivity index (χ2n) is 6.65. The van der Waals surface area contributed by atoms with Crippen molar-refractivity contribution in [2.45, 2.75) is 18.8 Å². The molecule has 2 heterocycles. The number of piperidine rings is 1. The molecule has 1 aliphatic rings. The summed E-state index contributed by atoms with van der Waals surface area (Å²) in [4.78, 5) is 33.3. The van der Waals surface area contributed by atoms with E-state index in [1.54, 1.807) is 4.90 Å². The first-order chi connectivity index (χ1) is 13.0. The van der Waals surface area contributed by atoms with Gasteiger partial charge in [-0.25, -0.2) is 4.98 Å². The minimum atomic E-state index is -0.570. The Balaban J connectivity index is 1.59. The molecule has 0 unspecified atom stereocenters. The Kier molecular flexibility index (Phi) is 4.53. The average Bonchev–Trinajstić information content (AvgIpc) is 3.12. The molecule has 0 bridgehead atoms. The molecule has 1 amide bonds. The lowest BCUT2D eigenvalue weighted by Gasteiger charge is -2.31. The molecule has 1 N–H and O–H groups in total. The van der Waals surface area contributed by atoms with Crippen LogP contribution in [0.25, 0.3) is 11.0 Å². The van der Waals surface area contributed by atoms with E-state index in [0.29, 0.717) is 13.1 Å². The van der Waals surface area contributed by atoms with Crippen molar-refractivity contribution in [3.63, 3.8) is 0 Å². The number of rotatable bonds is 3. The first kappa shape index (κ1) is 17.5. The Morgan fingerprint density at radius 3 is 2.89 bits per heavy atom. The van der Waals surface area contributed by atoms with Crippen molar-refractivity contribution in [3.05, 3.63) is 69.0 Å². The fraction of sp³-hybridized carbons (Fsp3) is 0.263. The number of nitrogens with one attached hydrogen (secondary N) is 1. The molecule has 0 radical (unpaired) electrons. The number of amides is 1. The SMILES string of the molecule is O=C(c1ccc(Cl)cc1[N+](=O)[O-])N1CCC[C@H](c2nc3ccccc3[nH]2)C1. The largest absolute Gasteiger partial charge is 0.342 e. The molecule has 1 fully saturated rings. The van der Waals surface area contributed by atoms with Crippen molar-refractivity contribution in [1.82, 2.24) is 14.9 Å². The third kappa shape index (κ3) is 3.38.